The summed E-state index contributed by atoms with van der Waals surface area (Å²) in [4.78, 5) is 29.5. The number of ether oxygens (including phenoxy) is 2. The Bertz CT molecular complexity index is 1080. The second kappa shape index (κ2) is 9.68. The van der Waals surface area contributed by atoms with Crippen molar-refractivity contribution in [1.82, 2.24) is 9.80 Å². The van der Waals surface area contributed by atoms with Crippen molar-refractivity contribution in [3.63, 3.8) is 0 Å². The van der Waals surface area contributed by atoms with Crippen molar-refractivity contribution in [2.45, 2.75) is 6.04 Å². The van der Waals surface area contributed by atoms with Gasteiger partial charge in [-0.15, -0.1) is 0 Å². The zero-order chi connectivity index (χ0) is 23.5. The minimum absolute atomic E-state index is 0.0207. The van der Waals surface area contributed by atoms with E-state index in [-0.39, 0.29) is 23.4 Å². The Morgan fingerprint density at radius 3 is 2.42 bits per heavy atom. The van der Waals surface area contributed by atoms with Crippen LogP contribution in [0.4, 0.5) is 8.78 Å². The highest BCUT2D eigenvalue weighted by molar-refractivity contribution is 6.46. The third kappa shape index (κ3) is 4.60. The Kier molecular flexibility index (Phi) is 6.71. The molecule has 2 aromatic carbocycles. The van der Waals surface area contributed by atoms with Gasteiger partial charge in [-0.1, -0.05) is 12.1 Å². The average molecular weight is 458 g/mol. The number of methoxy groups -OCH3 is 1. The topological polar surface area (TPSA) is 79.3 Å². The lowest BCUT2D eigenvalue weighted by molar-refractivity contribution is -0.140. The van der Waals surface area contributed by atoms with Gasteiger partial charge in [0.15, 0.2) is 11.6 Å². The van der Waals surface area contributed by atoms with Crippen LogP contribution in [0.15, 0.2) is 48.0 Å². The summed E-state index contributed by atoms with van der Waals surface area (Å²) in [6, 6.07) is 8.22. The Morgan fingerprint density at radius 2 is 1.79 bits per heavy atom. The lowest BCUT2D eigenvalue weighted by atomic mass is 9.95. The molecule has 1 unspecified atom stereocenters. The van der Waals surface area contributed by atoms with E-state index in [2.05, 4.69) is 4.90 Å². The molecule has 0 aliphatic carbocycles. The maximum absolute atomic E-state index is 14.3. The summed E-state index contributed by atoms with van der Waals surface area (Å²) < 4.78 is 38.1. The number of likely N-dealkylation sites (tertiary alicyclic amines) is 1. The highest BCUT2D eigenvalue weighted by atomic mass is 19.1. The molecule has 174 valence electrons. The summed E-state index contributed by atoms with van der Waals surface area (Å²) in [6.07, 6.45) is 0. The number of rotatable bonds is 6. The van der Waals surface area contributed by atoms with Gasteiger partial charge in [-0.25, -0.2) is 8.78 Å². The number of morpholine rings is 1. The molecule has 0 saturated carbocycles. The van der Waals surface area contributed by atoms with Crippen molar-refractivity contribution >= 4 is 17.4 Å². The third-order valence-corrected chi connectivity index (χ3v) is 5.91. The van der Waals surface area contributed by atoms with Crippen molar-refractivity contribution < 1.29 is 33.0 Å². The molecule has 0 radical (unpaired) electrons. The van der Waals surface area contributed by atoms with E-state index >= 15 is 0 Å². The quantitative estimate of drug-likeness (QED) is 0.408. The molecule has 0 aromatic heterocycles. The van der Waals surface area contributed by atoms with Crippen LogP contribution in [0, 0.1) is 11.6 Å². The predicted molar refractivity (Wildman–Crippen MR) is 116 cm³/mol. The molecule has 2 fully saturated rings. The molecule has 2 heterocycles. The molecule has 1 N–H and O–H groups in total. The Labute approximate surface area is 189 Å². The molecule has 0 bridgehead atoms. The summed E-state index contributed by atoms with van der Waals surface area (Å²) in [6.45, 7) is 3.31. The van der Waals surface area contributed by atoms with Crippen LogP contribution in [0.3, 0.4) is 0 Å². The number of Topliss-reactive ketones (excluding diaryl/α,β-unsaturated/α-hetero) is 1. The van der Waals surface area contributed by atoms with Gasteiger partial charge in [0.05, 0.1) is 31.9 Å². The number of hydrogen-bond acceptors (Lipinski definition) is 6. The van der Waals surface area contributed by atoms with Crippen molar-refractivity contribution in [3.05, 3.63) is 70.8 Å². The number of benzene rings is 2. The lowest BCUT2D eigenvalue weighted by Crippen LogP contribution is -2.42. The minimum atomic E-state index is -0.934. The number of aliphatic hydroxyl groups is 1. The van der Waals surface area contributed by atoms with E-state index in [0.717, 1.165) is 6.07 Å². The fourth-order valence-electron chi connectivity index (χ4n) is 4.15. The molecule has 9 heteroatoms. The second-order valence-electron chi connectivity index (χ2n) is 7.85. The van der Waals surface area contributed by atoms with E-state index in [0.29, 0.717) is 38.4 Å². The third-order valence-electron chi connectivity index (χ3n) is 5.91. The van der Waals surface area contributed by atoms with Crippen LogP contribution in [0.2, 0.25) is 0 Å². The summed E-state index contributed by atoms with van der Waals surface area (Å²) in [5.74, 6) is -3.36. The van der Waals surface area contributed by atoms with Gasteiger partial charge in [0, 0.05) is 31.7 Å². The summed E-state index contributed by atoms with van der Waals surface area (Å²) in [5, 5.41) is 11.0. The molecule has 33 heavy (non-hydrogen) atoms. The van der Waals surface area contributed by atoms with Gasteiger partial charge in [-0.2, -0.15) is 0 Å². The lowest BCUT2D eigenvalue weighted by Gasteiger charge is -2.31. The largest absolute Gasteiger partial charge is 0.507 e. The summed E-state index contributed by atoms with van der Waals surface area (Å²) in [7, 11) is 1.31. The molecule has 1 atom stereocenters. The van der Waals surface area contributed by atoms with Crippen LogP contribution in [-0.2, 0) is 14.3 Å². The minimum Gasteiger partial charge on any atom is -0.507 e. The first kappa shape index (κ1) is 22.9. The fourth-order valence-corrected chi connectivity index (χ4v) is 4.15. The van der Waals surface area contributed by atoms with Gasteiger partial charge in [0.25, 0.3) is 11.7 Å². The number of carbonyl (C=O) groups is 2. The molecule has 2 saturated heterocycles. The first-order chi connectivity index (χ1) is 15.9. The standard InChI is InChI=1S/C24H24F2N2O5/c1-32-19-7-4-16(14-18(19)26)22(29)20-21(15-2-5-17(25)6-3-15)28(24(31)23(20)30)9-8-27-10-12-33-13-11-27/h2-7,14,21,29H,8-13H2,1H3. The number of aliphatic hydroxyl groups excluding tert-OH is 1. The number of amides is 1. The SMILES string of the molecule is COc1ccc(C(O)=C2C(=O)C(=O)N(CCN3CCOCC3)C2c2ccc(F)cc2)cc1F. The van der Waals surface area contributed by atoms with Gasteiger partial charge < -0.3 is 19.5 Å². The van der Waals surface area contributed by atoms with E-state index in [9.17, 15) is 23.5 Å². The van der Waals surface area contributed by atoms with Crippen molar-refractivity contribution in [2.75, 3.05) is 46.5 Å². The second-order valence-corrected chi connectivity index (χ2v) is 7.85. The van der Waals surface area contributed by atoms with Gasteiger partial charge in [-0.05, 0) is 35.9 Å². The van der Waals surface area contributed by atoms with Gasteiger partial charge in [-0.3, -0.25) is 14.5 Å². The molecule has 2 aliphatic heterocycles. The van der Waals surface area contributed by atoms with Crippen LogP contribution < -0.4 is 4.74 Å². The zero-order valence-corrected chi connectivity index (χ0v) is 18.1. The number of hydrogen-bond donors (Lipinski definition) is 1. The van der Waals surface area contributed by atoms with Crippen LogP contribution >= 0.6 is 0 Å². The highest BCUT2D eigenvalue weighted by Gasteiger charge is 2.46. The smallest absolute Gasteiger partial charge is 0.295 e. The van der Waals surface area contributed by atoms with Gasteiger partial charge in [0.2, 0.25) is 0 Å². The maximum Gasteiger partial charge on any atom is 0.295 e. The van der Waals surface area contributed by atoms with Crippen LogP contribution in [0.1, 0.15) is 17.2 Å². The molecule has 2 aliphatic rings. The number of carbonyl (C=O) groups excluding carboxylic acids is 2. The zero-order valence-electron chi connectivity index (χ0n) is 18.1. The van der Waals surface area contributed by atoms with Crippen LogP contribution in [0.25, 0.3) is 5.76 Å². The normalized spacial score (nSPS) is 20.9. The number of halogens is 2. The van der Waals surface area contributed by atoms with Crippen molar-refractivity contribution in [2.24, 2.45) is 0 Å². The van der Waals surface area contributed by atoms with E-state index in [1.807, 2.05) is 0 Å². The first-order valence-corrected chi connectivity index (χ1v) is 10.6. The predicted octanol–water partition coefficient (Wildman–Crippen LogP) is 2.73. The number of nitrogens with zero attached hydrogens (tertiary/aromatic N) is 2. The molecule has 1 amide bonds. The molecule has 7 nitrogen and oxygen atoms in total. The molecule has 4 rings (SSSR count). The molecular formula is C24H24F2N2O5. The first-order valence-electron chi connectivity index (χ1n) is 10.6. The van der Waals surface area contributed by atoms with Gasteiger partial charge >= 0.3 is 0 Å². The van der Waals surface area contributed by atoms with E-state index < -0.39 is 35.1 Å². The van der Waals surface area contributed by atoms with E-state index in [1.54, 1.807) is 0 Å². The molecule has 2 aromatic rings. The van der Waals surface area contributed by atoms with Crippen LogP contribution in [0.5, 0.6) is 5.75 Å². The van der Waals surface area contributed by atoms with Crippen molar-refractivity contribution in [1.29, 1.82) is 0 Å². The van der Waals surface area contributed by atoms with E-state index in [1.165, 1.54) is 48.4 Å². The van der Waals surface area contributed by atoms with Crippen LogP contribution in [-0.4, -0.2) is 73.1 Å². The Balaban J connectivity index is 1.74. The number of ketones is 1. The van der Waals surface area contributed by atoms with E-state index in [4.69, 9.17) is 9.47 Å². The Morgan fingerprint density at radius 1 is 1.09 bits per heavy atom. The van der Waals surface area contributed by atoms with Gasteiger partial charge in [0.1, 0.15) is 11.6 Å². The fraction of sp³-hybridized carbons (Fsp3) is 0.333. The van der Waals surface area contributed by atoms with Crippen molar-refractivity contribution in [3.8, 4) is 5.75 Å². The average Bonchev–Trinajstić information content (AvgIpc) is 3.08. The summed E-state index contributed by atoms with van der Waals surface area (Å²) in [5.41, 5.74) is 0.331. The Hall–Kier alpha value is -3.30. The summed E-state index contributed by atoms with van der Waals surface area (Å²) >= 11 is 0. The molecular weight excluding hydrogens is 434 g/mol. The monoisotopic (exact) mass is 458 g/mol. The molecule has 0 spiro atoms. The highest BCUT2D eigenvalue weighted by Crippen LogP contribution is 2.39. The maximum atomic E-state index is 14.3.